The first-order chi connectivity index (χ1) is 8.81. The lowest BCUT2D eigenvalue weighted by Crippen LogP contribution is -2.45. The van der Waals surface area contributed by atoms with Gasteiger partial charge in [0.25, 0.3) is 0 Å². The molecule has 106 valence electrons. The van der Waals surface area contributed by atoms with Crippen molar-refractivity contribution in [3.8, 4) is 0 Å². The van der Waals surface area contributed by atoms with Crippen molar-refractivity contribution >= 4 is 0 Å². The van der Waals surface area contributed by atoms with E-state index in [1.54, 1.807) is 0 Å². The molecule has 1 atom stereocenters. The summed E-state index contributed by atoms with van der Waals surface area (Å²) in [5, 5.41) is 0. The lowest BCUT2D eigenvalue weighted by atomic mass is 9.90. The van der Waals surface area contributed by atoms with Crippen LogP contribution in [0.5, 0.6) is 0 Å². The molecule has 0 heterocycles. The summed E-state index contributed by atoms with van der Waals surface area (Å²) in [7, 11) is 2.32. The van der Waals surface area contributed by atoms with E-state index in [0.717, 1.165) is 18.4 Å². The van der Waals surface area contributed by atoms with Gasteiger partial charge in [-0.1, -0.05) is 38.5 Å². The Labute approximate surface area is 113 Å². The monoisotopic (exact) mass is 252 g/mol. The lowest BCUT2D eigenvalue weighted by Gasteiger charge is -2.35. The molecule has 0 aromatic rings. The van der Waals surface area contributed by atoms with Crippen molar-refractivity contribution in [2.24, 2.45) is 17.6 Å². The van der Waals surface area contributed by atoms with Crippen LogP contribution in [0.1, 0.15) is 64.2 Å². The van der Waals surface area contributed by atoms with Crippen molar-refractivity contribution in [2.75, 3.05) is 20.1 Å². The molecule has 0 aromatic heterocycles. The molecule has 0 bridgehead atoms. The van der Waals surface area contributed by atoms with Gasteiger partial charge in [0.1, 0.15) is 0 Å². The second kappa shape index (κ2) is 7.49. The van der Waals surface area contributed by atoms with E-state index in [1.807, 2.05) is 0 Å². The predicted molar refractivity (Wildman–Crippen MR) is 78.6 cm³/mol. The zero-order valence-electron chi connectivity index (χ0n) is 12.2. The van der Waals surface area contributed by atoms with E-state index in [0.29, 0.717) is 6.04 Å². The summed E-state index contributed by atoms with van der Waals surface area (Å²) in [5.74, 6) is 1.82. The number of hydrogen-bond donors (Lipinski definition) is 1. The second-order valence-corrected chi connectivity index (χ2v) is 6.64. The summed E-state index contributed by atoms with van der Waals surface area (Å²) in [4.78, 5) is 2.60. The van der Waals surface area contributed by atoms with Gasteiger partial charge in [0.15, 0.2) is 0 Å². The van der Waals surface area contributed by atoms with E-state index >= 15 is 0 Å². The summed E-state index contributed by atoms with van der Waals surface area (Å²) in [5.41, 5.74) is 6.09. The van der Waals surface area contributed by atoms with Gasteiger partial charge in [-0.15, -0.1) is 0 Å². The summed E-state index contributed by atoms with van der Waals surface area (Å²) in [6, 6.07) is 0.642. The van der Waals surface area contributed by atoms with Crippen LogP contribution in [0.4, 0.5) is 0 Å². The van der Waals surface area contributed by atoms with Crippen LogP contribution in [0.3, 0.4) is 0 Å². The van der Waals surface area contributed by atoms with Crippen molar-refractivity contribution in [3.05, 3.63) is 0 Å². The van der Waals surface area contributed by atoms with Crippen LogP contribution in [0.15, 0.2) is 0 Å². The Morgan fingerprint density at radius 1 is 0.944 bits per heavy atom. The first kappa shape index (κ1) is 14.3. The van der Waals surface area contributed by atoms with Crippen molar-refractivity contribution in [2.45, 2.75) is 70.3 Å². The average Bonchev–Trinajstić information content (AvgIpc) is 2.72. The van der Waals surface area contributed by atoms with Gasteiger partial charge in [-0.25, -0.2) is 0 Å². The van der Waals surface area contributed by atoms with Gasteiger partial charge < -0.3 is 10.6 Å². The zero-order chi connectivity index (χ0) is 12.8. The first-order valence-corrected chi connectivity index (χ1v) is 8.21. The fourth-order valence-corrected chi connectivity index (χ4v) is 4.16. The maximum atomic E-state index is 6.09. The summed E-state index contributed by atoms with van der Waals surface area (Å²) in [6.45, 7) is 2.15. The van der Waals surface area contributed by atoms with Crippen LogP contribution >= 0.6 is 0 Å². The Hall–Kier alpha value is -0.0800. The molecular formula is C16H32N2. The molecule has 0 radical (unpaired) electrons. The van der Waals surface area contributed by atoms with Crippen LogP contribution in [-0.2, 0) is 0 Å². The van der Waals surface area contributed by atoms with Crippen LogP contribution < -0.4 is 5.73 Å². The van der Waals surface area contributed by atoms with E-state index in [-0.39, 0.29) is 0 Å². The molecule has 2 heteroatoms. The Bertz CT molecular complexity index is 215. The number of nitrogens with zero attached hydrogens (tertiary/aromatic N) is 1. The van der Waals surface area contributed by atoms with Crippen LogP contribution in [0, 0.1) is 11.8 Å². The highest BCUT2D eigenvalue weighted by Gasteiger charge is 2.27. The van der Waals surface area contributed by atoms with Gasteiger partial charge in [-0.05, 0) is 44.6 Å². The minimum absolute atomic E-state index is 0.642. The van der Waals surface area contributed by atoms with Crippen molar-refractivity contribution in [3.63, 3.8) is 0 Å². The normalized spacial score (nSPS) is 25.5. The van der Waals surface area contributed by atoms with Crippen molar-refractivity contribution < 1.29 is 0 Å². The van der Waals surface area contributed by atoms with Gasteiger partial charge in [0, 0.05) is 19.1 Å². The molecule has 0 spiro atoms. The van der Waals surface area contributed by atoms with Crippen LogP contribution in [0.25, 0.3) is 0 Å². The maximum absolute atomic E-state index is 6.09. The third-order valence-electron chi connectivity index (χ3n) is 5.27. The minimum atomic E-state index is 0.642. The Morgan fingerprint density at radius 2 is 1.50 bits per heavy atom. The SMILES string of the molecule is CN(CC1CCCC1)C(CN)C1CCCCCC1. The number of nitrogens with two attached hydrogens (primary N) is 1. The molecule has 2 aliphatic rings. The molecule has 2 fully saturated rings. The number of likely N-dealkylation sites (N-methyl/N-ethyl adjacent to an activating group) is 1. The summed E-state index contributed by atoms with van der Waals surface area (Å²) in [6.07, 6.45) is 14.4. The quantitative estimate of drug-likeness (QED) is 0.760. The van der Waals surface area contributed by atoms with E-state index in [1.165, 1.54) is 70.8 Å². The van der Waals surface area contributed by atoms with Crippen LogP contribution in [-0.4, -0.2) is 31.1 Å². The van der Waals surface area contributed by atoms with Gasteiger partial charge >= 0.3 is 0 Å². The maximum Gasteiger partial charge on any atom is 0.0243 e. The van der Waals surface area contributed by atoms with E-state index < -0.39 is 0 Å². The predicted octanol–water partition coefficient (Wildman–Crippen LogP) is 3.41. The molecule has 2 saturated carbocycles. The Balaban J connectivity index is 1.84. The molecular weight excluding hydrogens is 220 g/mol. The standard InChI is InChI=1S/C16H32N2/c1-18(13-14-8-6-7-9-14)16(12-17)15-10-4-2-3-5-11-15/h14-16H,2-13,17H2,1H3. The molecule has 2 nitrogen and oxygen atoms in total. The Kier molecular flexibility index (Phi) is 5.97. The molecule has 2 rings (SSSR count). The topological polar surface area (TPSA) is 29.3 Å². The van der Waals surface area contributed by atoms with Crippen LogP contribution in [0.2, 0.25) is 0 Å². The molecule has 0 amide bonds. The summed E-state index contributed by atoms with van der Waals surface area (Å²) >= 11 is 0. The highest BCUT2D eigenvalue weighted by Crippen LogP contribution is 2.30. The van der Waals surface area contributed by atoms with Gasteiger partial charge in [-0.2, -0.15) is 0 Å². The third-order valence-corrected chi connectivity index (χ3v) is 5.27. The molecule has 18 heavy (non-hydrogen) atoms. The molecule has 0 aromatic carbocycles. The van der Waals surface area contributed by atoms with Crippen molar-refractivity contribution in [1.29, 1.82) is 0 Å². The fraction of sp³-hybridized carbons (Fsp3) is 1.00. The minimum Gasteiger partial charge on any atom is -0.329 e. The number of hydrogen-bond acceptors (Lipinski definition) is 2. The summed E-state index contributed by atoms with van der Waals surface area (Å²) < 4.78 is 0. The van der Waals surface area contributed by atoms with Gasteiger partial charge in [0.2, 0.25) is 0 Å². The fourth-order valence-electron chi connectivity index (χ4n) is 4.16. The first-order valence-electron chi connectivity index (χ1n) is 8.21. The molecule has 0 aliphatic heterocycles. The largest absolute Gasteiger partial charge is 0.329 e. The molecule has 2 N–H and O–H groups in total. The molecule has 1 unspecified atom stereocenters. The molecule has 0 saturated heterocycles. The smallest absolute Gasteiger partial charge is 0.0243 e. The highest BCUT2D eigenvalue weighted by molar-refractivity contribution is 4.82. The van der Waals surface area contributed by atoms with Crippen molar-refractivity contribution in [1.82, 2.24) is 4.90 Å². The van der Waals surface area contributed by atoms with E-state index in [2.05, 4.69) is 11.9 Å². The third kappa shape index (κ3) is 3.96. The Morgan fingerprint density at radius 3 is 2.06 bits per heavy atom. The van der Waals surface area contributed by atoms with E-state index in [4.69, 9.17) is 5.73 Å². The van der Waals surface area contributed by atoms with Gasteiger partial charge in [-0.3, -0.25) is 0 Å². The highest BCUT2D eigenvalue weighted by atomic mass is 15.1. The second-order valence-electron chi connectivity index (χ2n) is 6.64. The average molecular weight is 252 g/mol. The number of rotatable bonds is 5. The molecule has 2 aliphatic carbocycles. The van der Waals surface area contributed by atoms with E-state index in [9.17, 15) is 0 Å². The zero-order valence-corrected chi connectivity index (χ0v) is 12.2. The lowest BCUT2D eigenvalue weighted by molar-refractivity contribution is 0.146. The van der Waals surface area contributed by atoms with Gasteiger partial charge in [0.05, 0.1) is 0 Å².